The quantitative estimate of drug-likeness (QED) is 0.756. The van der Waals surface area contributed by atoms with E-state index in [0.29, 0.717) is 5.92 Å². The maximum atomic E-state index is 11.9. The van der Waals surface area contributed by atoms with Gasteiger partial charge in [0.2, 0.25) is 11.7 Å². The van der Waals surface area contributed by atoms with Crippen molar-refractivity contribution in [3.8, 4) is 0 Å². The number of nitrogens with one attached hydrogen (secondary N) is 3. The number of aromatic nitrogens is 3. The molecule has 2 amide bonds. The monoisotopic (exact) mass is 279 g/mol. The van der Waals surface area contributed by atoms with Crippen LogP contribution in [-0.2, 0) is 4.79 Å². The highest BCUT2D eigenvalue weighted by molar-refractivity contribution is 5.94. The van der Waals surface area contributed by atoms with Crippen LogP contribution in [0.15, 0.2) is 0 Å². The van der Waals surface area contributed by atoms with Crippen molar-refractivity contribution < 1.29 is 9.59 Å². The second-order valence-corrected chi connectivity index (χ2v) is 6.25. The van der Waals surface area contributed by atoms with Crippen LogP contribution in [0, 0.1) is 0 Å². The van der Waals surface area contributed by atoms with Gasteiger partial charge in [-0.05, 0) is 40.5 Å². The Balaban J connectivity index is 1.90. The van der Waals surface area contributed by atoms with E-state index in [1.165, 1.54) is 0 Å². The molecule has 1 atom stereocenters. The van der Waals surface area contributed by atoms with Gasteiger partial charge in [0.25, 0.3) is 5.91 Å². The first-order valence-corrected chi connectivity index (χ1v) is 6.81. The molecule has 1 aromatic heterocycles. The summed E-state index contributed by atoms with van der Waals surface area (Å²) in [7, 11) is 0. The van der Waals surface area contributed by atoms with Crippen LogP contribution in [0.4, 0.5) is 0 Å². The van der Waals surface area contributed by atoms with E-state index >= 15 is 0 Å². The summed E-state index contributed by atoms with van der Waals surface area (Å²) in [6.07, 6.45) is 2.17. The molecule has 0 aromatic carbocycles. The second kappa shape index (κ2) is 5.22. The Morgan fingerprint density at radius 2 is 2.00 bits per heavy atom. The number of nitrogens with zero attached hydrogens (tertiary/aromatic N) is 2. The molecule has 20 heavy (non-hydrogen) atoms. The SMILES string of the molecule is CC(NC(=O)c1n[nH]c(C2CC2)n1)C(=O)NC(C)(C)C. The highest BCUT2D eigenvalue weighted by Gasteiger charge is 2.29. The molecule has 1 unspecified atom stereocenters. The summed E-state index contributed by atoms with van der Waals surface area (Å²) in [4.78, 5) is 28.0. The molecule has 2 rings (SSSR count). The van der Waals surface area contributed by atoms with E-state index < -0.39 is 11.9 Å². The van der Waals surface area contributed by atoms with Crippen molar-refractivity contribution in [2.45, 2.75) is 58.0 Å². The van der Waals surface area contributed by atoms with Crippen molar-refractivity contribution in [2.75, 3.05) is 0 Å². The largest absolute Gasteiger partial charge is 0.350 e. The number of H-pyrrole nitrogens is 1. The molecule has 1 fully saturated rings. The van der Waals surface area contributed by atoms with E-state index in [0.717, 1.165) is 18.7 Å². The lowest BCUT2D eigenvalue weighted by atomic mass is 10.1. The summed E-state index contributed by atoms with van der Waals surface area (Å²) in [5, 5.41) is 12.1. The number of amides is 2. The molecule has 1 saturated carbocycles. The highest BCUT2D eigenvalue weighted by atomic mass is 16.2. The molecule has 7 heteroatoms. The van der Waals surface area contributed by atoms with Crippen molar-refractivity contribution in [3.05, 3.63) is 11.6 Å². The Morgan fingerprint density at radius 3 is 2.55 bits per heavy atom. The van der Waals surface area contributed by atoms with Gasteiger partial charge in [-0.1, -0.05) is 0 Å². The zero-order valence-electron chi connectivity index (χ0n) is 12.3. The van der Waals surface area contributed by atoms with E-state index in [9.17, 15) is 9.59 Å². The average Bonchev–Trinajstić information content (AvgIpc) is 3.04. The van der Waals surface area contributed by atoms with Crippen molar-refractivity contribution >= 4 is 11.8 Å². The Bertz CT molecular complexity index is 513. The number of aromatic amines is 1. The molecule has 0 spiro atoms. The molecule has 0 aliphatic heterocycles. The average molecular weight is 279 g/mol. The summed E-state index contributed by atoms with van der Waals surface area (Å²) >= 11 is 0. The van der Waals surface area contributed by atoms with E-state index in [2.05, 4.69) is 25.8 Å². The molecule has 1 heterocycles. The van der Waals surface area contributed by atoms with Gasteiger partial charge in [0, 0.05) is 11.5 Å². The zero-order chi connectivity index (χ0) is 14.9. The van der Waals surface area contributed by atoms with Gasteiger partial charge in [-0.15, -0.1) is 5.10 Å². The lowest BCUT2D eigenvalue weighted by molar-refractivity contribution is -0.124. The van der Waals surface area contributed by atoms with Gasteiger partial charge in [-0.25, -0.2) is 4.98 Å². The van der Waals surface area contributed by atoms with Crippen molar-refractivity contribution in [1.29, 1.82) is 0 Å². The van der Waals surface area contributed by atoms with Crippen LogP contribution >= 0.6 is 0 Å². The predicted molar refractivity (Wildman–Crippen MR) is 73.2 cm³/mol. The third-order valence-electron chi connectivity index (χ3n) is 2.91. The summed E-state index contributed by atoms with van der Waals surface area (Å²) < 4.78 is 0. The van der Waals surface area contributed by atoms with E-state index in [-0.39, 0.29) is 17.3 Å². The molecule has 1 aliphatic rings. The molecule has 110 valence electrons. The van der Waals surface area contributed by atoms with Crippen molar-refractivity contribution in [2.24, 2.45) is 0 Å². The van der Waals surface area contributed by atoms with Crippen LogP contribution in [0.2, 0.25) is 0 Å². The Morgan fingerprint density at radius 1 is 1.35 bits per heavy atom. The molecule has 1 aliphatic carbocycles. The summed E-state index contributed by atoms with van der Waals surface area (Å²) in [6, 6.07) is -0.635. The predicted octanol–water partition coefficient (Wildman–Crippen LogP) is 0.715. The van der Waals surface area contributed by atoms with E-state index in [4.69, 9.17) is 0 Å². The maximum Gasteiger partial charge on any atom is 0.291 e. The van der Waals surface area contributed by atoms with Gasteiger partial charge in [-0.2, -0.15) is 0 Å². The van der Waals surface area contributed by atoms with Crippen LogP contribution in [0.3, 0.4) is 0 Å². The third kappa shape index (κ3) is 3.79. The fourth-order valence-corrected chi connectivity index (χ4v) is 1.72. The third-order valence-corrected chi connectivity index (χ3v) is 2.91. The number of hydrogen-bond acceptors (Lipinski definition) is 4. The van der Waals surface area contributed by atoms with E-state index in [1.807, 2.05) is 20.8 Å². The van der Waals surface area contributed by atoms with Crippen LogP contribution < -0.4 is 10.6 Å². The van der Waals surface area contributed by atoms with Gasteiger partial charge in [0.05, 0.1) is 0 Å². The standard InChI is InChI=1S/C13H21N5O2/c1-7(11(19)16-13(2,3)4)14-12(20)10-15-9(17-18-10)8-5-6-8/h7-8H,5-6H2,1-4H3,(H,14,20)(H,16,19)(H,15,17,18). The summed E-state index contributed by atoms with van der Waals surface area (Å²) in [5.74, 6) is 0.573. The first kappa shape index (κ1) is 14.5. The number of hydrogen-bond donors (Lipinski definition) is 3. The highest BCUT2D eigenvalue weighted by Crippen LogP contribution is 2.37. The lowest BCUT2D eigenvalue weighted by Crippen LogP contribution is -2.51. The van der Waals surface area contributed by atoms with Crippen LogP contribution in [0.1, 0.15) is 62.9 Å². The number of carbonyl (C=O) groups is 2. The molecule has 0 radical (unpaired) electrons. The molecule has 3 N–H and O–H groups in total. The molecule has 0 saturated heterocycles. The first-order chi connectivity index (χ1) is 9.26. The summed E-state index contributed by atoms with van der Waals surface area (Å²) in [6.45, 7) is 7.29. The van der Waals surface area contributed by atoms with Crippen LogP contribution in [0.25, 0.3) is 0 Å². The lowest BCUT2D eigenvalue weighted by Gasteiger charge is -2.23. The minimum absolute atomic E-state index is 0.0855. The summed E-state index contributed by atoms with van der Waals surface area (Å²) in [5.41, 5.74) is -0.334. The van der Waals surface area contributed by atoms with Crippen molar-refractivity contribution in [1.82, 2.24) is 25.8 Å². The molecular weight excluding hydrogens is 258 g/mol. The Kier molecular flexibility index (Phi) is 3.78. The fraction of sp³-hybridized carbons (Fsp3) is 0.692. The van der Waals surface area contributed by atoms with Gasteiger partial charge >= 0.3 is 0 Å². The molecule has 7 nitrogen and oxygen atoms in total. The minimum atomic E-state index is -0.635. The van der Waals surface area contributed by atoms with Gasteiger partial charge < -0.3 is 10.6 Å². The van der Waals surface area contributed by atoms with Crippen LogP contribution in [0.5, 0.6) is 0 Å². The topological polar surface area (TPSA) is 99.8 Å². The molecule has 0 bridgehead atoms. The minimum Gasteiger partial charge on any atom is -0.350 e. The normalized spacial score (nSPS) is 16.6. The zero-order valence-corrected chi connectivity index (χ0v) is 12.3. The number of rotatable bonds is 4. The van der Waals surface area contributed by atoms with Gasteiger partial charge in [-0.3, -0.25) is 14.7 Å². The molecule has 1 aromatic rings. The molecular formula is C13H21N5O2. The Hall–Kier alpha value is -1.92. The fourth-order valence-electron chi connectivity index (χ4n) is 1.72. The van der Waals surface area contributed by atoms with E-state index in [1.54, 1.807) is 6.92 Å². The van der Waals surface area contributed by atoms with Crippen LogP contribution in [-0.4, -0.2) is 38.6 Å². The van der Waals surface area contributed by atoms with Gasteiger partial charge in [0.15, 0.2) is 0 Å². The van der Waals surface area contributed by atoms with Gasteiger partial charge in [0.1, 0.15) is 11.9 Å². The first-order valence-electron chi connectivity index (χ1n) is 6.81. The maximum absolute atomic E-state index is 11.9. The Labute approximate surface area is 117 Å². The second-order valence-electron chi connectivity index (χ2n) is 6.25. The smallest absolute Gasteiger partial charge is 0.291 e. The van der Waals surface area contributed by atoms with Crippen molar-refractivity contribution in [3.63, 3.8) is 0 Å². The number of carbonyl (C=O) groups excluding carboxylic acids is 2.